The van der Waals surface area contributed by atoms with Crippen molar-refractivity contribution in [2.24, 2.45) is 11.3 Å². The SMILES string of the molecule is CC1(C)CC(=O)C2=C(C1)N(C[C@@H]1CCCO1)C(=O)[C@]2(NC(=O)CCC1CCCCC1)C(F)(F)F. The van der Waals surface area contributed by atoms with Crippen molar-refractivity contribution in [3.05, 3.63) is 11.3 Å². The van der Waals surface area contributed by atoms with Crippen molar-refractivity contribution in [3.8, 4) is 0 Å². The minimum atomic E-state index is -5.15. The molecule has 6 nitrogen and oxygen atoms in total. The quantitative estimate of drug-likeness (QED) is 0.605. The van der Waals surface area contributed by atoms with E-state index in [2.05, 4.69) is 5.32 Å². The van der Waals surface area contributed by atoms with Gasteiger partial charge in [0.2, 0.25) is 11.4 Å². The van der Waals surface area contributed by atoms with E-state index in [0.717, 1.165) is 43.4 Å². The van der Waals surface area contributed by atoms with Crippen molar-refractivity contribution in [3.63, 3.8) is 0 Å². The molecule has 0 bridgehead atoms. The van der Waals surface area contributed by atoms with Gasteiger partial charge in [0.05, 0.1) is 18.2 Å². The van der Waals surface area contributed by atoms with E-state index in [9.17, 15) is 27.6 Å². The summed E-state index contributed by atoms with van der Waals surface area (Å²) in [6.45, 7) is 4.06. The van der Waals surface area contributed by atoms with E-state index in [1.165, 1.54) is 0 Å². The number of Topliss-reactive ketones (excluding diaryl/α,β-unsaturated/α-hetero) is 1. The molecule has 0 aromatic heterocycles. The van der Waals surface area contributed by atoms with Crippen LogP contribution in [0.2, 0.25) is 0 Å². The van der Waals surface area contributed by atoms with Crippen LogP contribution in [0.25, 0.3) is 0 Å². The molecule has 34 heavy (non-hydrogen) atoms. The monoisotopic (exact) mass is 484 g/mol. The summed E-state index contributed by atoms with van der Waals surface area (Å²) in [5.74, 6) is -2.53. The van der Waals surface area contributed by atoms with Crippen molar-refractivity contribution in [1.82, 2.24) is 10.2 Å². The van der Waals surface area contributed by atoms with Gasteiger partial charge in [-0.05, 0) is 37.0 Å². The van der Waals surface area contributed by atoms with Crippen molar-refractivity contribution in [2.45, 2.75) is 102 Å². The Bertz CT molecular complexity index is 870. The van der Waals surface area contributed by atoms with E-state index in [4.69, 9.17) is 4.74 Å². The van der Waals surface area contributed by atoms with Crippen LogP contribution < -0.4 is 5.32 Å². The number of hydrogen-bond donors (Lipinski definition) is 1. The van der Waals surface area contributed by atoms with Crippen LogP contribution in [-0.4, -0.2) is 53.5 Å². The van der Waals surface area contributed by atoms with Crippen LogP contribution in [0.4, 0.5) is 13.2 Å². The van der Waals surface area contributed by atoms with Crippen LogP contribution >= 0.6 is 0 Å². The second-order valence-electron chi connectivity index (χ2n) is 11.2. The fourth-order valence-corrected chi connectivity index (χ4v) is 6.09. The van der Waals surface area contributed by atoms with Gasteiger partial charge >= 0.3 is 6.18 Å². The Kier molecular flexibility index (Phi) is 6.88. The van der Waals surface area contributed by atoms with Crippen molar-refractivity contribution >= 4 is 17.6 Å². The van der Waals surface area contributed by atoms with E-state index in [1.54, 1.807) is 13.8 Å². The lowest BCUT2D eigenvalue weighted by molar-refractivity contribution is -0.195. The Morgan fingerprint density at radius 1 is 1.09 bits per heavy atom. The number of rotatable bonds is 6. The molecular weight excluding hydrogens is 449 g/mol. The van der Waals surface area contributed by atoms with Gasteiger partial charge in [-0.15, -0.1) is 0 Å². The van der Waals surface area contributed by atoms with E-state index in [1.807, 2.05) is 0 Å². The molecule has 0 radical (unpaired) electrons. The highest BCUT2D eigenvalue weighted by Crippen LogP contribution is 2.52. The van der Waals surface area contributed by atoms with E-state index < -0.39 is 40.3 Å². The first kappa shape index (κ1) is 25.2. The molecule has 2 atom stereocenters. The molecule has 2 aliphatic heterocycles. The average Bonchev–Trinajstić information content (AvgIpc) is 3.33. The topological polar surface area (TPSA) is 75.7 Å². The van der Waals surface area contributed by atoms with Gasteiger partial charge in [0.1, 0.15) is 0 Å². The second kappa shape index (κ2) is 9.28. The molecule has 4 rings (SSSR count). The zero-order valence-electron chi connectivity index (χ0n) is 20.1. The van der Waals surface area contributed by atoms with Gasteiger partial charge < -0.3 is 15.0 Å². The van der Waals surface area contributed by atoms with Crippen LogP contribution in [0.5, 0.6) is 0 Å². The average molecular weight is 485 g/mol. The van der Waals surface area contributed by atoms with Gasteiger partial charge in [-0.2, -0.15) is 13.2 Å². The van der Waals surface area contributed by atoms with Gasteiger partial charge in [0.15, 0.2) is 5.78 Å². The summed E-state index contributed by atoms with van der Waals surface area (Å²) >= 11 is 0. The van der Waals surface area contributed by atoms with Gasteiger partial charge in [-0.25, -0.2) is 0 Å². The fourth-order valence-electron chi connectivity index (χ4n) is 6.09. The molecule has 2 amide bonds. The second-order valence-corrected chi connectivity index (χ2v) is 11.2. The highest BCUT2D eigenvalue weighted by molar-refractivity contribution is 6.13. The maximum atomic E-state index is 14.8. The molecule has 0 aromatic rings. The molecule has 190 valence electrons. The van der Waals surface area contributed by atoms with Crippen LogP contribution in [0.15, 0.2) is 11.3 Å². The fraction of sp³-hybridized carbons (Fsp3) is 0.800. The largest absolute Gasteiger partial charge is 0.425 e. The van der Waals surface area contributed by atoms with Crippen molar-refractivity contribution in [1.29, 1.82) is 0 Å². The molecule has 4 aliphatic rings. The number of nitrogens with zero attached hydrogens (tertiary/aromatic N) is 1. The third kappa shape index (κ3) is 4.64. The lowest BCUT2D eigenvalue weighted by Crippen LogP contribution is -2.66. The molecule has 2 heterocycles. The number of allylic oxidation sites excluding steroid dienone is 1. The molecule has 1 saturated carbocycles. The molecule has 0 aromatic carbocycles. The van der Waals surface area contributed by atoms with Crippen molar-refractivity contribution in [2.75, 3.05) is 13.2 Å². The van der Waals surface area contributed by atoms with Gasteiger partial charge in [-0.1, -0.05) is 46.0 Å². The van der Waals surface area contributed by atoms with Crippen LogP contribution in [0.3, 0.4) is 0 Å². The Labute approximate surface area is 198 Å². The molecule has 9 heteroatoms. The summed E-state index contributed by atoms with van der Waals surface area (Å²) in [6, 6.07) is 0. The molecular formula is C25H35F3N2O4. The zero-order valence-corrected chi connectivity index (χ0v) is 20.1. The normalized spacial score (nSPS) is 30.1. The smallest absolute Gasteiger partial charge is 0.376 e. The molecule has 2 aliphatic carbocycles. The van der Waals surface area contributed by atoms with Gasteiger partial charge in [0, 0.05) is 25.1 Å². The number of amides is 2. The molecule has 2 fully saturated rings. The number of carbonyl (C=O) groups excluding carboxylic acids is 3. The Hall–Kier alpha value is -1.90. The summed E-state index contributed by atoms with van der Waals surface area (Å²) in [7, 11) is 0. The number of ether oxygens (including phenoxy) is 1. The standard InChI is InChI=1S/C25H35F3N2O4/c1-23(2)13-18-21(19(31)14-23)24(25(26,27)28,22(33)30(18)15-17-9-6-12-34-17)29-20(32)11-10-16-7-4-3-5-8-16/h16-17H,3-15H2,1-2H3,(H,29,32)/t17-,24-/m0/s1. The van der Waals surface area contributed by atoms with Gasteiger partial charge in [-0.3, -0.25) is 14.4 Å². The summed E-state index contributed by atoms with van der Waals surface area (Å²) in [6.07, 6.45) is 1.52. The Morgan fingerprint density at radius 3 is 2.41 bits per heavy atom. The summed E-state index contributed by atoms with van der Waals surface area (Å²) in [5.41, 5.74) is -4.41. The van der Waals surface area contributed by atoms with Crippen molar-refractivity contribution < 1.29 is 32.3 Å². The lowest BCUT2D eigenvalue weighted by Gasteiger charge is -2.35. The summed E-state index contributed by atoms with van der Waals surface area (Å²) in [4.78, 5) is 40.7. The lowest BCUT2D eigenvalue weighted by atomic mass is 9.72. The highest BCUT2D eigenvalue weighted by Gasteiger charge is 2.71. The number of carbonyl (C=O) groups is 3. The third-order valence-electron chi connectivity index (χ3n) is 7.79. The van der Waals surface area contributed by atoms with E-state index in [-0.39, 0.29) is 37.6 Å². The van der Waals surface area contributed by atoms with E-state index >= 15 is 0 Å². The molecule has 0 unspecified atom stereocenters. The van der Waals surface area contributed by atoms with Gasteiger partial charge in [0.25, 0.3) is 5.91 Å². The minimum Gasteiger partial charge on any atom is -0.376 e. The van der Waals surface area contributed by atoms with Crippen LogP contribution in [0.1, 0.15) is 84.5 Å². The maximum Gasteiger partial charge on any atom is 0.425 e. The first-order chi connectivity index (χ1) is 15.9. The van der Waals surface area contributed by atoms with Crippen LogP contribution in [0, 0.1) is 11.3 Å². The summed E-state index contributed by atoms with van der Waals surface area (Å²) < 4.78 is 49.9. The van der Waals surface area contributed by atoms with E-state index in [0.29, 0.717) is 25.4 Å². The highest BCUT2D eigenvalue weighted by atomic mass is 19.4. The Morgan fingerprint density at radius 2 is 1.79 bits per heavy atom. The number of ketones is 1. The molecule has 1 saturated heterocycles. The minimum absolute atomic E-state index is 0.0448. The number of hydrogen-bond acceptors (Lipinski definition) is 4. The first-order valence-electron chi connectivity index (χ1n) is 12.5. The Balaban J connectivity index is 1.66. The molecule has 0 spiro atoms. The predicted molar refractivity (Wildman–Crippen MR) is 118 cm³/mol. The number of nitrogens with one attached hydrogen (secondary N) is 1. The number of alkyl halides is 3. The third-order valence-corrected chi connectivity index (χ3v) is 7.79. The molecule has 1 N–H and O–H groups in total. The summed E-state index contributed by atoms with van der Waals surface area (Å²) in [5, 5.41) is 2.06. The maximum absolute atomic E-state index is 14.8. The number of halogens is 3. The first-order valence-corrected chi connectivity index (χ1v) is 12.5. The predicted octanol–water partition coefficient (Wildman–Crippen LogP) is 4.43. The van der Waals surface area contributed by atoms with Crippen LogP contribution in [-0.2, 0) is 19.1 Å². The zero-order chi connectivity index (χ0) is 24.7.